The lowest BCUT2D eigenvalue weighted by atomic mass is 10.0. The smallest absolute Gasteiger partial charge is 0.407 e. The average molecular weight is 299 g/mol. The van der Waals surface area contributed by atoms with Gasteiger partial charge in [-0.2, -0.15) is 0 Å². The quantitative estimate of drug-likeness (QED) is 0.807. The molecule has 0 aliphatic carbocycles. The van der Waals surface area contributed by atoms with E-state index in [0.717, 1.165) is 6.42 Å². The van der Waals surface area contributed by atoms with Gasteiger partial charge in [0, 0.05) is 18.0 Å². The molecule has 2 amide bonds. The SMILES string of the molecule is CCOC(=O)NC(CNC(=O)c1cscn1)CC(C)C. The number of ether oxygens (including phenoxy) is 1. The molecule has 0 bridgehead atoms. The van der Waals surface area contributed by atoms with E-state index in [4.69, 9.17) is 4.74 Å². The van der Waals surface area contributed by atoms with Crippen LogP contribution in [0.4, 0.5) is 4.79 Å². The molecule has 7 heteroatoms. The summed E-state index contributed by atoms with van der Waals surface area (Å²) in [4.78, 5) is 27.2. The fourth-order valence-electron chi connectivity index (χ4n) is 1.73. The van der Waals surface area contributed by atoms with Gasteiger partial charge in [0.15, 0.2) is 0 Å². The number of alkyl carbamates (subject to hydrolysis) is 1. The number of carbonyl (C=O) groups is 2. The number of hydrogen-bond donors (Lipinski definition) is 2. The van der Waals surface area contributed by atoms with E-state index >= 15 is 0 Å². The molecule has 2 N–H and O–H groups in total. The lowest BCUT2D eigenvalue weighted by Gasteiger charge is -2.20. The maximum absolute atomic E-state index is 11.8. The summed E-state index contributed by atoms with van der Waals surface area (Å²) < 4.78 is 4.86. The maximum Gasteiger partial charge on any atom is 0.407 e. The van der Waals surface area contributed by atoms with E-state index in [1.54, 1.807) is 17.8 Å². The highest BCUT2D eigenvalue weighted by Gasteiger charge is 2.16. The Morgan fingerprint density at radius 1 is 1.45 bits per heavy atom. The van der Waals surface area contributed by atoms with Gasteiger partial charge in [-0.3, -0.25) is 4.79 Å². The van der Waals surface area contributed by atoms with Gasteiger partial charge in [-0.25, -0.2) is 9.78 Å². The monoisotopic (exact) mass is 299 g/mol. The first-order valence-corrected chi connectivity index (χ1v) is 7.56. The molecule has 0 saturated heterocycles. The molecule has 0 saturated carbocycles. The zero-order valence-electron chi connectivity index (χ0n) is 12.0. The number of thiazole rings is 1. The Balaban J connectivity index is 2.47. The third kappa shape index (κ3) is 6.01. The van der Waals surface area contributed by atoms with Crippen molar-refractivity contribution in [3.63, 3.8) is 0 Å². The number of rotatable bonds is 7. The molecule has 0 fully saturated rings. The Hall–Kier alpha value is -1.63. The van der Waals surface area contributed by atoms with E-state index in [0.29, 0.717) is 24.8 Å². The number of amides is 2. The van der Waals surface area contributed by atoms with Gasteiger partial charge >= 0.3 is 6.09 Å². The van der Waals surface area contributed by atoms with Crippen LogP contribution >= 0.6 is 11.3 Å². The third-order valence-electron chi connectivity index (χ3n) is 2.53. The van der Waals surface area contributed by atoms with Gasteiger partial charge in [0.2, 0.25) is 0 Å². The molecule has 0 aliphatic heterocycles. The lowest BCUT2D eigenvalue weighted by Crippen LogP contribution is -2.44. The maximum atomic E-state index is 11.8. The van der Waals surface area contributed by atoms with Gasteiger partial charge < -0.3 is 15.4 Å². The highest BCUT2D eigenvalue weighted by atomic mass is 32.1. The van der Waals surface area contributed by atoms with Crippen molar-refractivity contribution in [3.05, 3.63) is 16.6 Å². The van der Waals surface area contributed by atoms with Crippen LogP contribution in [0.5, 0.6) is 0 Å². The number of nitrogens with one attached hydrogen (secondary N) is 2. The summed E-state index contributed by atoms with van der Waals surface area (Å²) in [6, 6.07) is -0.156. The van der Waals surface area contributed by atoms with Crippen molar-refractivity contribution in [1.82, 2.24) is 15.6 Å². The summed E-state index contributed by atoms with van der Waals surface area (Å²) in [6.45, 7) is 6.55. The fraction of sp³-hybridized carbons (Fsp3) is 0.615. The summed E-state index contributed by atoms with van der Waals surface area (Å²) in [5, 5.41) is 7.22. The lowest BCUT2D eigenvalue weighted by molar-refractivity contribution is 0.0940. The van der Waals surface area contributed by atoms with Crippen molar-refractivity contribution in [2.75, 3.05) is 13.2 Å². The van der Waals surface area contributed by atoms with Crippen LogP contribution in [0.1, 0.15) is 37.7 Å². The molecule has 0 aliphatic rings. The summed E-state index contributed by atoms with van der Waals surface area (Å²) in [5.74, 6) is 0.170. The normalized spacial score (nSPS) is 12.0. The van der Waals surface area contributed by atoms with Crippen LogP contribution in [0.15, 0.2) is 10.9 Å². The first-order chi connectivity index (χ1) is 9.52. The molecule has 1 unspecified atom stereocenters. The molecule has 1 heterocycles. The Labute approximate surface area is 122 Å². The summed E-state index contributed by atoms with van der Waals surface area (Å²) in [5.41, 5.74) is 2.01. The van der Waals surface area contributed by atoms with Gasteiger partial charge in [-0.1, -0.05) is 13.8 Å². The highest BCUT2D eigenvalue weighted by molar-refractivity contribution is 7.07. The van der Waals surface area contributed by atoms with Gasteiger partial charge in [0.1, 0.15) is 5.69 Å². The molecule has 1 atom stereocenters. The molecule has 1 aromatic rings. The molecule has 1 aromatic heterocycles. The Kier molecular flexibility index (Phi) is 7.00. The predicted octanol–water partition coefficient (Wildman–Crippen LogP) is 2.03. The van der Waals surface area contributed by atoms with Gasteiger partial charge in [-0.15, -0.1) is 11.3 Å². The first kappa shape index (κ1) is 16.4. The number of aromatic nitrogens is 1. The molecular formula is C13H21N3O3S. The first-order valence-electron chi connectivity index (χ1n) is 6.62. The van der Waals surface area contributed by atoms with Crippen LogP contribution in [0, 0.1) is 5.92 Å². The number of nitrogens with zero attached hydrogens (tertiary/aromatic N) is 1. The van der Waals surface area contributed by atoms with Gasteiger partial charge in [0.05, 0.1) is 12.1 Å². The zero-order chi connectivity index (χ0) is 15.0. The second kappa shape index (κ2) is 8.52. The minimum atomic E-state index is -0.457. The standard InChI is InChI=1S/C13H21N3O3S/c1-4-19-13(18)16-10(5-9(2)3)6-14-12(17)11-7-20-8-15-11/h7-10H,4-6H2,1-3H3,(H,14,17)(H,16,18). The fourth-order valence-corrected chi connectivity index (χ4v) is 2.26. The molecule has 20 heavy (non-hydrogen) atoms. The van der Waals surface area contributed by atoms with Crippen LogP contribution in [-0.4, -0.2) is 36.2 Å². The number of carbonyl (C=O) groups excluding carboxylic acids is 2. The second-order valence-electron chi connectivity index (χ2n) is 4.77. The second-order valence-corrected chi connectivity index (χ2v) is 5.49. The van der Waals surface area contributed by atoms with Gasteiger partial charge in [-0.05, 0) is 19.3 Å². The molecule has 112 valence electrons. The number of hydrogen-bond acceptors (Lipinski definition) is 5. The van der Waals surface area contributed by atoms with Crippen LogP contribution in [0.3, 0.4) is 0 Å². The Bertz CT molecular complexity index is 421. The van der Waals surface area contributed by atoms with Crippen molar-refractivity contribution in [1.29, 1.82) is 0 Å². The minimum Gasteiger partial charge on any atom is -0.450 e. The van der Waals surface area contributed by atoms with E-state index < -0.39 is 6.09 Å². The van der Waals surface area contributed by atoms with Crippen LogP contribution in [0.2, 0.25) is 0 Å². The summed E-state index contributed by atoms with van der Waals surface area (Å²) in [6.07, 6.45) is 0.303. The van der Waals surface area contributed by atoms with Crippen molar-refractivity contribution in [3.8, 4) is 0 Å². The molecular weight excluding hydrogens is 278 g/mol. The molecule has 0 radical (unpaired) electrons. The zero-order valence-corrected chi connectivity index (χ0v) is 12.8. The topological polar surface area (TPSA) is 80.3 Å². The van der Waals surface area contributed by atoms with Crippen molar-refractivity contribution >= 4 is 23.3 Å². The van der Waals surface area contributed by atoms with E-state index in [2.05, 4.69) is 29.5 Å². The van der Waals surface area contributed by atoms with E-state index in [9.17, 15) is 9.59 Å². The van der Waals surface area contributed by atoms with Crippen molar-refractivity contribution in [2.24, 2.45) is 5.92 Å². The van der Waals surface area contributed by atoms with Gasteiger partial charge in [0.25, 0.3) is 5.91 Å². The predicted molar refractivity (Wildman–Crippen MR) is 77.8 cm³/mol. The molecule has 6 nitrogen and oxygen atoms in total. The summed E-state index contributed by atoms with van der Waals surface area (Å²) >= 11 is 1.37. The van der Waals surface area contributed by atoms with Crippen LogP contribution in [-0.2, 0) is 4.74 Å². The van der Waals surface area contributed by atoms with Crippen molar-refractivity contribution < 1.29 is 14.3 Å². The molecule has 0 spiro atoms. The molecule has 0 aromatic carbocycles. The minimum absolute atomic E-state index is 0.156. The average Bonchev–Trinajstić information content (AvgIpc) is 2.89. The summed E-state index contributed by atoms with van der Waals surface area (Å²) in [7, 11) is 0. The van der Waals surface area contributed by atoms with E-state index in [1.165, 1.54) is 11.3 Å². The Morgan fingerprint density at radius 3 is 2.75 bits per heavy atom. The highest BCUT2D eigenvalue weighted by Crippen LogP contribution is 2.05. The van der Waals surface area contributed by atoms with Crippen LogP contribution < -0.4 is 10.6 Å². The van der Waals surface area contributed by atoms with E-state index in [-0.39, 0.29) is 11.9 Å². The Morgan fingerprint density at radius 2 is 2.20 bits per heavy atom. The molecule has 1 rings (SSSR count). The van der Waals surface area contributed by atoms with E-state index in [1.807, 2.05) is 0 Å². The largest absolute Gasteiger partial charge is 0.450 e. The third-order valence-corrected chi connectivity index (χ3v) is 3.11. The van der Waals surface area contributed by atoms with Crippen LogP contribution in [0.25, 0.3) is 0 Å². The van der Waals surface area contributed by atoms with Crippen molar-refractivity contribution in [2.45, 2.75) is 33.2 Å².